The molecule has 118 valence electrons. The first-order valence-corrected chi connectivity index (χ1v) is 7.47. The van der Waals surface area contributed by atoms with E-state index < -0.39 is 0 Å². The minimum Gasteiger partial charge on any atom is -0.429 e. The minimum atomic E-state index is 0.318. The number of pyridine rings is 1. The molecule has 0 amide bonds. The maximum atomic E-state index is 6.13. The molecule has 2 heterocycles. The van der Waals surface area contributed by atoms with Gasteiger partial charge in [-0.1, -0.05) is 17.7 Å². The number of allylic oxidation sites excluding steroid dienone is 1. The zero-order valence-corrected chi connectivity index (χ0v) is 13.6. The van der Waals surface area contributed by atoms with Crippen LogP contribution in [0.5, 0.6) is 5.75 Å². The summed E-state index contributed by atoms with van der Waals surface area (Å²) in [5.74, 6) is 1.82. The molecule has 0 fully saturated rings. The minimum absolute atomic E-state index is 0.318. The molecule has 5 nitrogen and oxygen atoms in total. The van der Waals surface area contributed by atoms with Crippen LogP contribution in [0, 0.1) is 20.8 Å². The standard InChI is InChI=1S/C18H20N4O/c1-11-9-12(2)16(13(3)10-11)22-14(6-7-19)17(20)23-15-5-4-8-21-18(15)22/h4-10H,19-20H2,1-3H3/p+1/b7-6-. The molecule has 0 spiro atoms. The molecule has 0 saturated carbocycles. The number of nitrogens with one attached hydrogen (secondary N) is 1. The summed E-state index contributed by atoms with van der Waals surface area (Å²) >= 11 is 0. The zero-order valence-electron chi connectivity index (χ0n) is 13.6. The summed E-state index contributed by atoms with van der Waals surface area (Å²) in [4.78, 5) is 5.31. The van der Waals surface area contributed by atoms with Crippen LogP contribution in [0.25, 0.3) is 0 Å². The normalized spacial score (nSPS) is 14.1. The van der Waals surface area contributed by atoms with Gasteiger partial charge in [0.15, 0.2) is 5.70 Å². The first-order chi connectivity index (χ1) is 11.0. The zero-order chi connectivity index (χ0) is 16.6. The summed E-state index contributed by atoms with van der Waals surface area (Å²) in [6.45, 7) is 6.27. The van der Waals surface area contributed by atoms with Gasteiger partial charge in [0, 0.05) is 6.08 Å². The molecule has 2 aromatic rings. The predicted molar refractivity (Wildman–Crippen MR) is 91.0 cm³/mol. The molecule has 5 N–H and O–H groups in total. The number of ether oxygens (including phenoxy) is 1. The van der Waals surface area contributed by atoms with Gasteiger partial charge in [-0.15, -0.1) is 0 Å². The number of aromatic nitrogens is 1. The largest absolute Gasteiger partial charge is 0.429 e. The monoisotopic (exact) mass is 309 g/mol. The molecule has 0 bridgehead atoms. The summed E-state index contributed by atoms with van der Waals surface area (Å²) in [6, 6.07) is 8.07. The van der Waals surface area contributed by atoms with Crippen molar-refractivity contribution in [2.24, 2.45) is 11.5 Å². The number of benzene rings is 1. The number of aryl methyl sites for hydroxylation is 3. The van der Waals surface area contributed by atoms with Gasteiger partial charge in [-0.05, 0) is 50.2 Å². The van der Waals surface area contributed by atoms with Gasteiger partial charge in [0.05, 0.1) is 6.20 Å². The Balaban J connectivity index is 2.30. The summed E-state index contributed by atoms with van der Waals surface area (Å²) in [5.41, 5.74) is 17.1. The van der Waals surface area contributed by atoms with Crippen molar-refractivity contribution in [2.75, 3.05) is 4.90 Å². The first-order valence-electron chi connectivity index (χ1n) is 7.47. The number of fused-ring (bicyclic) bond motifs is 1. The van der Waals surface area contributed by atoms with E-state index in [-0.39, 0.29) is 0 Å². The number of aromatic amines is 1. The highest BCUT2D eigenvalue weighted by atomic mass is 16.5. The molecular formula is C18H21N4O+. The van der Waals surface area contributed by atoms with E-state index in [0.717, 1.165) is 22.6 Å². The average molecular weight is 309 g/mol. The van der Waals surface area contributed by atoms with Crippen LogP contribution in [0.3, 0.4) is 0 Å². The number of nitrogens with two attached hydrogens (primary N) is 2. The second-order valence-corrected chi connectivity index (χ2v) is 5.68. The second-order valence-electron chi connectivity index (χ2n) is 5.68. The molecule has 0 saturated heterocycles. The van der Waals surface area contributed by atoms with Gasteiger partial charge in [0.2, 0.25) is 11.6 Å². The fourth-order valence-electron chi connectivity index (χ4n) is 3.08. The highest BCUT2D eigenvalue weighted by Crippen LogP contribution is 2.41. The summed E-state index contributed by atoms with van der Waals surface area (Å²) in [6.07, 6.45) is 5.07. The summed E-state index contributed by atoms with van der Waals surface area (Å²) in [5, 5.41) is 0. The molecule has 1 aromatic heterocycles. The van der Waals surface area contributed by atoms with E-state index in [1.165, 1.54) is 11.8 Å². The molecule has 1 aliphatic heterocycles. The van der Waals surface area contributed by atoms with Crippen molar-refractivity contribution in [1.29, 1.82) is 0 Å². The van der Waals surface area contributed by atoms with E-state index in [2.05, 4.69) is 42.8 Å². The van der Waals surface area contributed by atoms with Crippen LogP contribution in [0.2, 0.25) is 0 Å². The first kappa shape index (κ1) is 15.0. The molecule has 0 aliphatic carbocycles. The smallest absolute Gasteiger partial charge is 0.328 e. The summed E-state index contributed by atoms with van der Waals surface area (Å²) in [7, 11) is 0. The number of rotatable bonds is 2. The Hall–Kier alpha value is -2.95. The molecule has 1 aromatic carbocycles. The Bertz CT molecular complexity index is 801. The molecule has 0 atom stereocenters. The lowest BCUT2D eigenvalue weighted by atomic mass is 10.0. The van der Waals surface area contributed by atoms with Crippen molar-refractivity contribution in [3.63, 3.8) is 0 Å². The Labute approximate surface area is 135 Å². The number of hydrogen-bond acceptors (Lipinski definition) is 4. The van der Waals surface area contributed by atoms with Gasteiger partial charge < -0.3 is 16.2 Å². The highest BCUT2D eigenvalue weighted by Gasteiger charge is 2.36. The quantitative estimate of drug-likeness (QED) is 0.893. The molecule has 5 heteroatoms. The van der Waals surface area contributed by atoms with E-state index in [1.807, 2.05) is 18.3 Å². The van der Waals surface area contributed by atoms with Crippen LogP contribution in [0.4, 0.5) is 11.5 Å². The van der Waals surface area contributed by atoms with Gasteiger partial charge in [-0.2, -0.15) is 4.90 Å². The van der Waals surface area contributed by atoms with Crippen LogP contribution in [0.1, 0.15) is 16.7 Å². The van der Waals surface area contributed by atoms with E-state index in [4.69, 9.17) is 16.2 Å². The Kier molecular flexibility index (Phi) is 3.70. The molecule has 0 unspecified atom stereocenters. The van der Waals surface area contributed by atoms with Crippen molar-refractivity contribution in [3.8, 4) is 5.75 Å². The third kappa shape index (κ3) is 2.50. The fourth-order valence-corrected chi connectivity index (χ4v) is 3.08. The Morgan fingerprint density at radius 2 is 1.87 bits per heavy atom. The van der Waals surface area contributed by atoms with Gasteiger partial charge >= 0.3 is 5.82 Å². The van der Waals surface area contributed by atoms with E-state index in [9.17, 15) is 0 Å². The Morgan fingerprint density at radius 3 is 2.52 bits per heavy atom. The number of anilines is 2. The molecular weight excluding hydrogens is 288 g/mol. The van der Waals surface area contributed by atoms with Crippen LogP contribution in [-0.4, -0.2) is 0 Å². The lowest BCUT2D eigenvalue weighted by Crippen LogP contribution is -2.32. The van der Waals surface area contributed by atoms with Crippen molar-refractivity contribution in [3.05, 3.63) is 71.0 Å². The van der Waals surface area contributed by atoms with Crippen molar-refractivity contribution in [2.45, 2.75) is 20.8 Å². The topological polar surface area (TPSA) is 78.7 Å². The van der Waals surface area contributed by atoms with Crippen LogP contribution in [0.15, 0.2) is 54.3 Å². The van der Waals surface area contributed by atoms with Crippen molar-refractivity contribution in [1.82, 2.24) is 0 Å². The fraction of sp³-hybridized carbons (Fsp3) is 0.167. The van der Waals surface area contributed by atoms with Gasteiger partial charge in [-0.3, -0.25) is 0 Å². The number of H-pyrrole nitrogens is 1. The maximum absolute atomic E-state index is 6.13. The van der Waals surface area contributed by atoms with Crippen molar-refractivity contribution < 1.29 is 9.72 Å². The molecule has 23 heavy (non-hydrogen) atoms. The number of hydrogen-bond donors (Lipinski definition) is 2. The lowest BCUT2D eigenvalue weighted by molar-refractivity contribution is -0.364. The van der Waals surface area contributed by atoms with E-state index in [0.29, 0.717) is 17.3 Å². The highest BCUT2D eigenvalue weighted by molar-refractivity contribution is 5.76. The Morgan fingerprint density at radius 1 is 1.17 bits per heavy atom. The lowest BCUT2D eigenvalue weighted by Gasteiger charge is -2.26. The third-order valence-electron chi connectivity index (χ3n) is 3.85. The maximum Gasteiger partial charge on any atom is 0.328 e. The van der Waals surface area contributed by atoms with Crippen LogP contribution < -0.4 is 26.1 Å². The molecule has 1 aliphatic rings. The van der Waals surface area contributed by atoms with Crippen molar-refractivity contribution >= 4 is 11.5 Å². The van der Waals surface area contributed by atoms with Crippen LogP contribution in [-0.2, 0) is 0 Å². The SMILES string of the molecule is Cc1cc(C)c(N2C(/C=C\N)=C(N)Oc3ccc[nH+]c32)c(C)c1. The van der Waals surface area contributed by atoms with E-state index >= 15 is 0 Å². The van der Waals surface area contributed by atoms with Crippen LogP contribution >= 0.6 is 0 Å². The summed E-state index contributed by atoms with van der Waals surface area (Å²) < 4.78 is 5.73. The third-order valence-corrected chi connectivity index (χ3v) is 3.85. The second kappa shape index (κ2) is 5.68. The predicted octanol–water partition coefficient (Wildman–Crippen LogP) is 2.56. The van der Waals surface area contributed by atoms with Gasteiger partial charge in [0.25, 0.3) is 0 Å². The van der Waals surface area contributed by atoms with Gasteiger partial charge in [0.1, 0.15) is 5.69 Å². The molecule has 0 radical (unpaired) electrons. The average Bonchev–Trinajstić information content (AvgIpc) is 2.49. The van der Waals surface area contributed by atoms with E-state index in [1.54, 1.807) is 6.08 Å². The van der Waals surface area contributed by atoms with Gasteiger partial charge in [-0.25, -0.2) is 4.98 Å². The number of nitrogens with zero attached hydrogens (tertiary/aromatic N) is 1. The molecule has 3 rings (SSSR count).